The molecule has 0 aliphatic carbocycles. The minimum atomic E-state index is -0.394. The quantitative estimate of drug-likeness (QED) is 0.922. The van der Waals surface area contributed by atoms with Crippen LogP contribution in [0.3, 0.4) is 0 Å². The van der Waals surface area contributed by atoms with Gasteiger partial charge in [-0.3, -0.25) is 4.79 Å². The molecule has 110 valence electrons. The summed E-state index contributed by atoms with van der Waals surface area (Å²) >= 11 is 0. The third-order valence-electron chi connectivity index (χ3n) is 3.65. The molecule has 1 aromatic rings. The van der Waals surface area contributed by atoms with Crippen LogP contribution < -0.4 is 15.4 Å². The molecular weight excluding hydrogens is 252 g/mol. The van der Waals surface area contributed by atoms with Gasteiger partial charge in [-0.15, -0.1) is 0 Å². The Balaban J connectivity index is 2.47. The van der Waals surface area contributed by atoms with Crippen molar-refractivity contribution in [3.63, 3.8) is 0 Å². The van der Waals surface area contributed by atoms with E-state index >= 15 is 0 Å². The first-order valence-corrected chi connectivity index (χ1v) is 7.21. The minimum Gasteiger partial charge on any atom is -0.478 e. The Labute approximate surface area is 120 Å². The Morgan fingerprint density at radius 1 is 1.35 bits per heavy atom. The SMILES string of the molecule is CCC1Oc2ccc(C(C)(C)C)cc2N(CCN)C1=O. The Morgan fingerprint density at radius 3 is 2.60 bits per heavy atom. The van der Waals surface area contributed by atoms with Crippen molar-refractivity contribution in [3.8, 4) is 5.75 Å². The van der Waals surface area contributed by atoms with Gasteiger partial charge in [0, 0.05) is 13.1 Å². The van der Waals surface area contributed by atoms with Crippen LogP contribution in [0.2, 0.25) is 0 Å². The van der Waals surface area contributed by atoms with Gasteiger partial charge in [-0.05, 0) is 29.5 Å². The zero-order chi connectivity index (χ0) is 14.9. The molecule has 4 nitrogen and oxygen atoms in total. The van der Waals surface area contributed by atoms with Crippen molar-refractivity contribution in [2.24, 2.45) is 5.73 Å². The topological polar surface area (TPSA) is 55.6 Å². The molecule has 0 saturated carbocycles. The third-order valence-corrected chi connectivity index (χ3v) is 3.65. The second-order valence-electron chi connectivity index (χ2n) is 6.23. The van der Waals surface area contributed by atoms with Crippen LogP contribution in [0.4, 0.5) is 5.69 Å². The summed E-state index contributed by atoms with van der Waals surface area (Å²) in [5, 5.41) is 0. The van der Waals surface area contributed by atoms with Crippen molar-refractivity contribution < 1.29 is 9.53 Å². The standard InChI is InChI=1S/C16H24N2O2/c1-5-13-15(19)18(9-8-17)12-10-11(16(2,3)4)6-7-14(12)20-13/h6-7,10,13H,5,8-9,17H2,1-4H3. The van der Waals surface area contributed by atoms with Crippen molar-refractivity contribution in [1.29, 1.82) is 0 Å². The molecule has 20 heavy (non-hydrogen) atoms. The first kappa shape index (κ1) is 14.9. The molecule has 0 saturated heterocycles. The van der Waals surface area contributed by atoms with E-state index in [1.165, 1.54) is 5.56 Å². The highest BCUT2D eigenvalue weighted by Crippen LogP contribution is 2.38. The van der Waals surface area contributed by atoms with Gasteiger partial charge in [0.15, 0.2) is 6.10 Å². The number of fused-ring (bicyclic) bond motifs is 1. The van der Waals surface area contributed by atoms with E-state index < -0.39 is 6.10 Å². The maximum Gasteiger partial charge on any atom is 0.268 e. The van der Waals surface area contributed by atoms with Crippen molar-refractivity contribution >= 4 is 11.6 Å². The lowest BCUT2D eigenvalue weighted by Gasteiger charge is -2.35. The fourth-order valence-corrected chi connectivity index (χ4v) is 2.41. The molecule has 1 aliphatic heterocycles. The highest BCUT2D eigenvalue weighted by Gasteiger charge is 2.33. The maximum absolute atomic E-state index is 12.4. The minimum absolute atomic E-state index is 0.0107. The van der Waals surface area contributed by atoms with E-state index in [0.29, 0.717) is 19.5 Å². The monoisotopic (exact) mass is 276 g/mol. The number of benzene rings is 1. The van der Waals surface area contributed by atoms with Crippen LogP contribution in [0.5, 0.6) is 5.75 Å². The third kappa shape index (κ3) is 2.66. The number of amides is 1. The number of rotatable bonds is 3. The molecule has 2 N–H and O–H groups in total. The molecule has 0 spiro atoms. The molecule has 0 fully saturated rings. The lowest BCUT2D eigenvalue weighted by Crippen LogP contribution is -2.47. The van der Waals surface area contributed by atoms with E-state index in [2.05, 4.69) is 32.9 Å². The summed E-state index contributed by atoms with van der Waals surface area (Å²) < 4.78 is 5.81. The summed E-state index contributed by atoms with van der Waals surface area (Å²) in [4.78, 5) is 14.2. The van der Waals surface area contributed by atoms with Crippen LogP contribution in [0.15, 0.2) is 18.2 Å². The fraction of sp³-hybridized carbons (Fsp3) is 0.562. The van der Waals surface area contributed by atoms with E-state index in [1.807, 2.05) is 13.0 Å². The molecule has 1 unspecified atom stereocenters. The van der Waals surface area contributed by atoms with Gasteiger partial charge in [0.1, 0.15) is 5.75 Å². The maximum atomic E-state index is 12.4. The molecule has 0 bridgehead atoms. The van der Waals surface area contributed by atoms with Gasteiger partial charge in [0.2, 0.25) is 0 Å². The number of ether oxygens (including phenoxy) is 1. The van der Waals surface area contributed by atoms with Gasteiger partial charge in [-0.1, -0.05) is 33.8 Å². The van der Waals surface area contributed by atoms with Crippen molar-refractivity contribution in [2.75, 3.05) is 18.0 Å². The van der Waals surface area contributed by atoms with E-state index in [-0.39, 0.29) is 11.3 Å². The Kier molecular flexibility index (Phi) is 4.04. The van der Waals surface area contributed by atoms with Crippen LogP contribution in [-0.4, -0.2) is 25.1 Å². The average molecular weight is 276 g/mol. The fourth-order valence-electron chi connectivity index (χ4n) is 2.41. The van der Waals surface area contributed by atoms with Gasteiger partial charge in [0.05, 0.1) is 5.69 Å². The molecule has 1 amide bonds. The molecule has 1 atom stereocenters. The van der Waals surface area contributed by atoms with Gasteiger partial charge in [0.25, 0.3) is 5.91 Å². The zero-order valence-electron chi connectivity index (χ0n) is 12.8. The predicted octanol–water partition coefficient (Wildman–Crippen LogP) is 2.45. The Bertz CT molecular complexity index is 506. The highest BCUT2D eigenvalue weighted by molar-refractivity contribution is 6.00. The molecule has 1 aromatic carbocycles. The summed E-state index contributed by atoms with van der Waals surface area (Å²) in [6.07, 6.45) is 0.273. The predicted molar refractivity (Wildman–Crippen MR) is 81.3 cm³/mol. The number of carbonyl (C=O) groups is 1. The molecular formula is C16H24N2O2. The second-order valence-corrected chi connectivity index (χ2v) is 6.23. The van der Waals surface area contributed by atoms with Gasteiger partial charge >= 0.3 is 0 Å². The summed E-state index contributed by atoms with van der Waals surface area (Å²) in [5.41, 5.74) is 7.72. The van der Waals surface area contributed by atoms with E-state index in [0.717, 1.165) is 11.4 Å². The Morgan fingerprint density at radius 2 is 2.05 bits per heavy atom. The second kappa shape index (κ2) is 5.44. The summed E-state index contributed by atoms with van der Waals surface area (Å²) in [5.74, 6) is 0.786. The lowest BCUT2D eigenvalue weighted by atomic mass is 9.86. The van der Waals surface area contributed by atoms with Crippen LogP contribution >= 0.6 is 0 Å². The van der Waals surface area contributed by atoms with Crippen molar-refractivity contribution in [3.05, 3.63) is 23.8 Å². The number of nitrogens with zero attached hydrogens (tertiary/aromatic N) is 1. The average Bonchev–Trinajstić information content (AvgIpc) is 2.40. The van der Waals surface area contributed by atoms with Crippen LogP contribution in [0, 0.1) is 0 Å². The summed E-state index contributed by atoms with van der Waals surface area (Å²) in [6.45, 7) is 9.39. The molecule has 1 heterocycles. The number of hydrogen-bond donors (Lipinski definition) is 1. The van der Waals surface area contributed by atoms with Crippen LogP contribution in [0.1, 0.15) is 39.7 Å². The number of nitrogens with two attached hydrogens (primary N) is 1. The molecule has 2 rings (SSSR count). The zero-order valence-corrected chi connectivity index (χ0v) is 12.8. The van der Waals surface area contributed by atoms with E-state index in [9.17, 15) is 4.79 Å². The number of hydrogen-bond acceptors (Lipinski definition) is 3. The lowest BCUT2D eigenvalue weighted by molar-refractivity contribution is -0.126. The number of carbonyl (C=O) groups excluding carboxylic acids is 1. The largest absolute Gasteiger partial charge is 0.478 e. The van der Waals surface area contributed by atoms with Crippen LogP contribution in [0.25, 0.3) is 0 Å². The molecule has 4 heteroatoms. The first-order chi connectivity index (χ1) is 9.38. The van der Waals surface area contributed by atoms with Crippen LogP contribution in [-0.2, 0) is 10.2 Å². The van der Waals surface area contributed by atoms with Crippen molar-refractivity contribution in [1.82, 2.24) is 0 Å². The highest BCUT2D eigenvalue weighted by atomic mass is 16.5. The molecule has 0 radical (unpaired) electrons. The van der Waals surface area contributed by atoms with Gasteiger partial charge in [-0.25, -0.2) is 0 Å². The summed E-state index contributed by atoms with van der Waals surface area (Å²) in [6, 6.07) is 6.09. The smallest absolute Gasteiger partial charge is 0.268 e. The number of anilines is 1. The summed E-state index contributed by atoms with van der Waals surface area (Å²) in [7, 11) is 0. The first-order valence-electron chi connectivity index (χ1n) is 7.21. The van der Waals surface area contributed by atoms with Gasteiger partial charge in [-0.2, -0.15) is 0 Å². The van der Waals surface area contributed by atoms with E-state index in [1.54, 1.807) is 4.90 Å². The molecule has 0 aromatic heterocycles. The van der Waals surface area contributed by atoms with Crippen molar-refractivity contribution in [2.45, 2.75) is 45.6 Å². The van der Waals surface area contributed by atoms with E-state index in [4.69, 9.17) is 10.5 Å². The Hall–Kier alpha value is -1.55. The molecule has 1 aliphatic rings. The van der Waals surface area contributed by atoms with Gasteiger partial charge < -0.3 is 15.4 Å². The normalized spacial score (nSPS) is 18.8.